The Hall–Kier alpha value is -7.48. The van der Waals surface area contributed by atoms with Crippen LogP contribution in [0.2, 0.25) is 0 Å². The second kappa shape index (κ2) is 15.0. The molecule has 0 heterocycles. The molecule has 0 fully saturated rings. The lowest BCUT2D eigenvalue weighted by Gasteiger charge is -2.29. The number of rotatable bonds is 8. The molecule has 10 rings (SSSR count). The largest absolute Gasteiger partial charge is 0.310 e. The molecule has 1 nitrogen and oxygen atoms in total. The first-order valence-electron chi connectivity index (χ1n) is 19.6. The van der Waals surface area contributed by atoms with E-state index in [1.807, 2.05) is 0 Å². The zero-order valence-corrected chi connectivity index (χ0v) is 31.5. The fraction of sp³-hybridized carbons (Fsp3) is 0. The van der Waals surface area contributed by atoms with Crippen LogP contribution >= 0.6 is 0 Å². The van der Waals surface area contributed by atoms with Crippen molar-refractivity contribution in [1.29, 1.82) is 0 Å². The molecule has 0 aromatic heterocycles. The summed E-state index contributed by atoms with van der Waals surface area (Å²) < 4.78 is 0. The zero-order chi connectivity index (χ0) is 38.0. The Bertz CT molecular complexity index is 2990. The highest BCUT2D eigenvalue weighted by Gasteiger charge is 2.20. The van der Waals surface area contributed by atoms with E-state index in [1.54, 1.807) is 0 Å². The molecule has 0 N–H and O–H groups in total. The van der Waals surface area contributed by atoms with Gasteiger partial charge in [-0.05, 0) is 102 Å². The lowest BCUT2D eigenvalue weighted by molar-refractivity contribution is 1.28. The normalized spacial score (nSPS) is 11.2. The van der Waals surface area contributed by atoms with Crippen LogP contribution in [0.25, 0.3) is 77.2 Å². The lowest BCUT2D eigenvalue weighted by atomic mass is 9.92. The van der Waals surface area contributed by atoms with Crippen LogP contribution in [0.15, 0.2) is 237 Å². The van der Waals surface area contributed by atoms with E-state index in [9.17, 15) is 0 Å². The number of nitrogens with zero attached hydrogens (tertiary/aromatic N) is 1. The second-order valence-electron chi connectivity index (χ2n) is 14.5. The van der Waals surface area contributed by atoms with Crippen LogP contribution in [0.4, 0.5) is 17.1 Å². The fourth-order valence-electron chi connectivity index (χ4n) is 8.32. The third-order valence-corrected chi connectivity index (χ3v) is 11.1. The summed E-state index contributed by atoms with van der Waals surface area (Å²) in [6.45, 7) is 0. The fourth-order valence-corrected chi connectivity index (χ4v) is 8.32. The number of fused-ring (bicyclic) bond motifs is 2. The van der Waals surface area contributed by atoms with Crippen molar-refractivity contribution in [2.24, 2.45) is 0 Å². The zero-order valence-electron chi connectivity index (χ0n) is 31.5. The van der Waals surface area contributed by atoms with Crippen molar-refractivity contribution in [2.45, 2.75) is 0 Å². The molecule has 0 aliphatic rings. The third kappa shape index (κ3) is 6.56. The van der Waals surface area contributed by atoms with Gasteiger partial charge < -0.3 is 4.90 Å². The van der Waals surface area contributed by atoms with Gasteiger partial charge in [0, 0.05) is 16.9 Å². The molecule has 0 aliphatic heterocycles. The Morgan fingerprint density at radius 1 is 0.228 bits per heavy atom. The SMILES string of the molecule is c1ccc(-c2ccccc2-c2ccccc2N(c2ccc(-c3ccc(-c4cccc5ccccc45)cc3)cc2)c2cccc(-c3cccc4ccccc34)c2)cc1. The summed E-state index contributed by atoms with van der Waals surface area (Å²) in [7, 11) is 0. The monoisotopic (exact) mass is 725 g/mol. The van der Waals surface area contributed by atoms with E-state index in [1.165, 1.54) is 77.2 Å². The van der Waals surface area contributed by atoms with Crippen molar-refractivity contribution in [1.82, 2.24) is 0 Å². The van der Waals surface area contributed by atoms with Crippen LogP contribution in [0.1, 0.15) is 0 Å². The highest BCUT2D eigenvalue weighted by atomic mass is 15.1. The predicted molar refractivity (Wildman–Crippen MR) is 243 cm³/mol. The third-order valence-electron chi connectivity index (χ3n) is 11.1. The molecule has 0 aliphatic carbocycles. The Morgan fingerprint density at radius 2 is 0.667 bits per heavy atom. The second-order valence-corrected chi connectivity index (χ2v) is 14.5. The topological polar surface area (TPSA) is 3.24 Å². The van der Waals surface area contributed by atoms with Gasteiger partial charge in [0.15, 0.2) is 0 Å². The quantitative estimate of drug-likeness (QED) is 0.151. The summed E-state index contributed by atoms with van der Waals surface area (Å²) in [5, 5.41) is 5.01. The van der Waals surface area contributed by atoms with Crippen molar-refractivity contribution in [2.75, 3.05) is 4.90 Å². The van der Waals surface area contributed by atoms with E-state index in [-0.39, 0.29) is 0 Å². The van der Waals surface area contributed by atoms with Crippen LogP contribution in [-0.4, -0.2) is 0 Å². The van der Waals surface area contributed by atoms with E-state index in [4.69, 9.17) is 0 Å². The minimum absolute atomic E-state index is 1.09. The van der Waals surface area contributed by atoms with Gasteiger partial charge in [0.1, 0.15) is 0 Å². The smallest absolute Gasteiger partial charge is 0.0540 e. The molecule has 0 radical (unpaired) electrons. The molecule has 0 amide bonds. The first-order chi connectivity index (χ1) is 28.3. The minimum Gasteiger partial charge on any atom is -0.310 e. The van der Waals surface area contributed by atoms with Crippen molar-refractivity contribution < 1.29 is 0 Å². The average molecular weight is 726 g/mol. The van der Waals surface area contributed by atoms with Crippen molar-refractivity contribution in [3.05, 3.63) is 237 Å². The van der Waals surface area contributed by atoms with Gasteiger partial charge in [-0.15, -0.1) is 0 Å². The first kappa shape index (κ1) is 34.0. The number of hydrogen-bond donors (Lipinski definition) is 0. The number of benzene rings is 10. The predicted octanol–water partition coefficient (Wildman–Crippen LogP) is 15.8. The molecule has 10 aromatic carbocycles. The van der Waals surface area contributed by atoms with E-state index in [0.29, 0.717) is 0 Å². The van der Waals surface area contributed by atoms with Crippen molar-refractivity contribution >= 4 is 38.6 Å². The molecule has 0 atom stereocenters. The van der Waals surface area contributed by atoms with Crippen LogP contribution in [0.3, 0.4) is 0 Å². The van der Waals surface area contributed by atoms with Crippen LogP contribution in [0, 0.1) is 0 Å². The molecule has 0 saturated heterocycles. The molecule has 0 saturated carbocycles. The summed E-state index contributed by atoms with van der Waals surface area (Å²) in [6, 6.07) is 85.6. The van der Waals surface area contributed by atoms with E-state index in [0.717, 1.165) is 17.1 Å². The van der Waals surface area contributed by atoms with Crippen LogP contribution < -0.4 is 4.90 Å². The lowest BCUT2D eigenvalue weighted by Crippen LogP contribution is -2.11. The highest BCUT2D eigenvalue weighted by molar-refractivity contribution is 5.99. The van der Waals surface area contributed by atoms with Crippen LogP contribution in [-0.2, 0) is 0 Å². The molecule has 57 heavy (non-hydrogen) atoms. The summed E-state index contributed by atoms with van der Waals surface area (Å²) in [6.07, 6.45) is 0. The molecular formula is C56H39N. The van der Waals surface area contributed by atoms with Crippen LogP contribution in [0.5, 0.6) is 0 Å². The Morgan fingerprint density at radius 3 is 1.35 bits per heavy atom. The average Bonchev–Trinajstić information content (AvgIpc) is 3.30. The van der Waals surface area contributed by atoms with E-state index < -0.39 is 0 Å². The molecule has 0 unspecified atom stereocenters. The van der Waals surface area contributed by atoms with Crippen molar-refractivity contribution in [3.8, 4) is 55.6 Å². The van der Waals surface area contributed by atoms with Gasteiger partial charge >= 0.3 is 0 Å². The first-order valence-corrected chi connectivity index (χ1v) is 19.6. The number of hydrogen-bond acceptors (Lipinski definition) is 1. The number of para-hydroxylation sites is 1. The molecular weight excluding hydrogens is 687 g/mol. The molecule has 0 spiro atoms. The summed E-state index contributed by atoms with van der Waals surface area (Å²) >= 11 is 0. The Balaban J connectivity index is 1.09. The molecule has 0 bridgehead atoms. The summed E-state index contributed by atoms with van der Waals surface area (Å²) in [5.41, 5.74) is 15.3. The Labute approximate surface area is 334 Å². The summed E-state index contributed by atoms with van der Waals surface area (Å²) in [5.74, 6) is 0. The standard InChI is InChI=1S/C56H39N/c1-2-15-42(16-3-1)52-25-8-9-26-54(52)55-27-10-11-30-56(55)57(48-22-12-21-46(39-48)53-29-14-20-44-18-5-7-24-50(44)53)47-37-35-41(36-38-47)40-31-33-45(34-32-40)51-28-13-19-43-17-4-6-23-49(43)51/h1-39H. The van der Waals surface area contributed by atoms with Gasteiger partial charge in [0.25, 0.3) is 0 Å². The molecule has 268 valence electrons. The molecule has 10 aromatic rings. The maximum Gasteiger partial charge on any atom is 0.0540 e. The van der Waals surface area contributed by atoms with Gasteiger partial charge in [0.2, 0.25) is 0 Å². The highest BCUT2D eigenvalue weighted by Crippen LogP contribution is 2.45. The van der Waals surface area contributed by atoms with Gasteiger partial charge in [-0.25, -0.2) is 0 Å². The van der Waals surface area contributed by atoms with E-state index in [2.05, 4.69) is 241 Å². The van der Waals surface area contributed by atoms with Crippen molar-refractivity contribution in [3.63, 3.8) is 0 Å². The van der Waals surface area contributed by atoms with Gasteiger partial charge in [-0.3, -0.25) is 0 Å². The Kier molecular flexibility index (Phi) is 8.95. The van der Waals surface area contributed by atoms with Gasteiger partial charge in [0.05, 0.1) is 5.69 Å². The summed E-state index contributed by atoms with van der Waals surface area (Å²) in [4.78, 5) is 2.42. The van der Waals surface area contributed by atoms with Gasteiger partial charge in [-0.1, -0.05) is 206 Å². The maximum atomic E-state index is 2.42. The molecule has 1 heteroatoms. The van der Waals surface area contributed by atoms with E-state index >= 15 is 0 Å². The van der Waals surface area contributed by atoms with Gasteiger partial charge in [-0.2, -0.15) is 0 Å². The minimum atomic E-state index is 1.09. The maximum absolute atomic E-state index is 2.42. The number of anilines is 3.